The molecule has 3 heteroatoms. The summed E-state index contributed by atoms with van der Waals surface area (Å²) in [5.41, 5.74) is 0. The van der Waals surface area contributed by atoms with E-state index >= 15 is 0 Å². The average Bonchev–Trinajstić information content (AvgIpc) is 2.49. The third-order valence-electron chi connectivity index (χ3n) is 3.66. The van der Waals surface area contributed by atoms with Crippen LogP contribution >= 0.6 is 0 Å². The summed E-state index contributed by atoms with van der Waals surface area (Å²) in [4.78, 5) is 11.1. The highest BCUT2D eigenvalue weighted by Gasteiger charge is 2.30. The Morgan fingerprint density at radius 2 is 2.13 bits per heavy atom. The number of hydrogen-bond donors (Lipinski definition) is 1. The predicted octanol–water partition coefficient (Wildman–Crippen LogP) is 1.96. The maximum atomic E-state index is 11.1. The van der Waals surface area contributed by atoms with Gasteiger partial charge in [0.1, 0.15) is 0 Å². The van der Waals surface area contributed by atoms with E-state index < -0.39 is 0 Å². The molecule has 15 heavy (non-hydrogen) atoms. The fourth-order valence-electron chi connectivity index (χ4n) is 2.36. The van der Waals surface area contributed by atoms with E-state index in [1.807, 2.05) is 6.92 Å². The quantitative estimate of drug-likeness (QED) is 0.725. The van der Waals surface area contributed by atoms with E-state index in [1.165, 1.54) is 20.0 Å². The van der Waals surface area contributed by atoms with Gasteiger partial charge in [-0.05, 0) is 31.6 Å². The van der Waals surface area contributed by atoms with Gasteiger partial charge in [-0.1, -0.05) is 13.8 Å². The monoisotopic (exact) mass is 213 g/mol. The van der Waals surface area contributed by atoms with Gasteiger partial charge in [0.15, 0.2) is 0 Å². The second-order valence-electron chi connectivity index (χ2n) is 4.87. The van der Waals surface area contributed by atoms with E-state index in [0.717, 1.165) is 5.92 Å². The highest BCUT2D eigenvalue weighted by Crippen LogP contribution is 2.31. The number of carbonyl (C=O) groups excluding carboxylic acids is 1. The zero-order valence-electron chi connectivity index (χ0n) is 10.2. The van der Waals surface area contributed by atoms with Crippen LogP contribution in [0.15, 0.2) is 0 Å². The highest BCUT2D eigenvalue weighted by atomic mass is 16.5. The Morgan fingerprint density at radius 3 is 2.60 bits per heavy atom. The van der Waals surface area contributed by atoms with Crippen molar-refractivity contribution in [2.24, 2.45) is 11.8 Å². The molecule has 1 rings (SSSR count). The van der Waals surface area contributed by atoms with Gasteiger partial charge in [0.25, 0.3) is 0 Å². The summed E-state index contributed by atoms with van der Waals surface area (Å²) >= 11 is 0. The molecule has 1 saturated carbocycles. The molecule has 0 bridgehead atoms. The van der Waals surface area contributed by atoms with E-state index in [4.69, 9.17) is 0 Å². The zero-order valence-corrected chi connectivity index (χ0v) is 10.2. The molecular formula is C12H23NO2. The summed E-state index contributed by atoms with van der Waals surface area (Å²) < 4.78 is 4.65. The molecule has 1 aliphatic rings. The van der Waals surface area contributed by atoms with Crippen molar-refractivity contribution >= 4 is 5.97 Å². The van der Waals surface area contributed by atoms with Crippen LogP contribution in [0.2, 0.25) is 0 Å². The SMILES string of the molecule is COC(=O)CC(C)NC1CCC(C)C1C. The first-order chi connectivity index (χ1) is 7.04. The molecule has 1 fully saturated rings. The first-order valence-electron chi connectivity index (χ1n) is 5.87. The van der Waals surface area contributed by atoms with Crippen LogP contribution in [0.25, 0.3) is 0 Å². The molecule has 0 heterocycles. The van der Waals surface area contributed by atoms with Gasteiger partial charge in [-0.15, -0.1) is 0 Å². The van der Waals surface area contributed by atoms with Crippen molar-refractivity contribution in [3.8, 4) is 0 Å². The van der Waals surface area contributed by atoms with Crippen molar-refractivity contribution in [3.63, 3.8) is 0 Å². The number of hydrogen-bond acceptors (Lipinski definition) is 3. The molecule has 88 valence electrons. The van der Waals surface area contributed by atoms with Crippen LogP contribution in [0.3, 0.4) is 0 Å². The van der Waals surface area contributed by atoms with Gasteiger partial charge in [-0.3, -0.25) is 4.79 Å². The third-order valence-corrected chi connectivity index (χ3v) is 3.66. The fraction of sp³-hybridized carbons (Fsp3) is 0.917. The van der Waals surface area contributed by atoms with Gasteiger partial charge in [-0.2, -0.15) is 0 Å². The van der Waals surface area contributed by atoms with Crippen LogP contribution in [0.5, 0.6) is 0 Å². The molecule has 0 radical (unpaired) electrons. The third kappa shape index (κ3) is 3.49. The Labute approximate surface area is 92.6 Å². The van der Waals surface area contributed by atoms with Crippen LogP contribution in [0.4, 0.5) is 0 Å². The largest absolute Gasteiger partial charge is 0.469 e. The lowest BCUT2D eigenvalue weighted by Gasteiger charge is -2.23. The smallest absolute Gasteiger partial charge is 0.307 e. The van der Waals surface area contributed by atoms with Gasteiger partial charge in [0.05, 0.1) is 13.5 Å². The van der Waals surface area contributed by atoms with Crippen molar-refractivity contribution in [2.45, 2.75) is 52.1 Å². The summed E-state index contributed by atoms with van der Waals surface area (Å²) in [6.45, 7) is 6.64. The van der Waals surface area contributed by atoms with Gasteiger partial charge >= 0.3 is 5.97 Å². The maximum Gasteiger partial charge on any atom is 0.307 e. The average molecular weight is 213 g/mol. The molecule has 1 N–H and O–H groups in total. The standard InChI is InChI=1S/C12H23NO2/c1-8-5-6-11(10(8)3)13-9(2)7-12(14)15-4/h8-11,13H,5-7H2,1-4H3. The van der Waals surface area contributed by atoms with Gasteiger partial charge in [-0.25, -0.2) is 0 Å². The molecule has 0 spiro atoms. The summed E-state index contributed by atoms with van der Waals surface area (Å²) in [6, 6.07) is 0.787. The molecule has 0 saturated heterocycles. The lowest BCUT2D eigenvalue weighted by Crippen LogP contribution is -2.40. The molecule has 0 aromatic rings. The molecule has 0 aliphatic heterocycles. The van der Waals surface area contributed by atoms with Crippen molar-refractivity contribution in [2.75, 3.05) is 7.11 Å². The lowest BCUT2D eigenvalue weighted by molar-refractivity contribution is -0.141. The fourth-order valence-corrected chi connectivity index (χ4v) is 2.36. The Bertz CT molecular complexity index is 218. The summed E-state index contributed by atoms with van der Waals surface area (Å²) in [5, 5.41) is 3.52. The Morgan fingerprint density at radius 1 is 1.47 bits per heavy atom. The van der Waals surface area contributed by atoms with Crippen molar-refractivity contribution in [3.05, 3.63) is 0 Å². The van der Waals surface area contributed by atoms with Crippen LogP contribution in [0.1, 0.15) is 40.0 Å². The zero-order chi connectivity index (χ0) is 11.4. The van der Waals surface area contributed by atoms with Crippen molar-refractivity contribution in [1.82, 2.24) is 5.32 Å². The molecule has 0 aromatic carbocycles. The summed E-state index contributed by atoms with van der Waals surface area (Å²) in [7, 11) is 1.44. The Balaban J connectivity index is 2.32. The van der Waals surface area contributed by atoms with Crippen molar-refractivity contribution < 1.29 is 9.53 Å². The van der Waals surface area contributed by atoms with Crippen LogP contribution in [0, 0.1) is 11.8 Å². The molecule has 3 nitrogen and oxygen atoms in total. The van der Waals surface area contributed by atoms with Crippen LogP contribution in [-0.4, -0.2) is 25.2 Å². The van der Waals surface area contributed by atoms with Crippen molar-refractivity contribution in [1.29, 1.82) is 0 Å². The number of esters is 1. The number of methoxy groups -OCH3 is 1. The summed E-state index contributed by atoms with van der Waals surface area (Å²) in [5.74, 6) is 1.38. The minimum Gasteiger partial charge on any atom is -0.469 e. The van der Waals surface area contributed by atoms with E-state index in [1.54, 1.807) is 0 Å². The number of rotatable bonds is 4. The second-order valence-corrected chi connectivity index (χ2v) is 4.87. The van der Waals surface area contributed by atoms with E-state index in [2.05, 4.69) is 23.9 Å². The minimum absolute atomic E-state index is 0.131. The van der Waals surface area contributed by atoms with E-state index in [-0.39, 0.29) is 12.0 Å². The van der Waals surface area contributed by atoms with Crippen LogP contribution < -0.4 is 5.32 Å². The molecule has 1 aliphatic carbocycles. The summed E-state index contributed by atoms with van der Waals surface area (Å²) in [6.07, 6.45) is 2.99. The number of carbonyl (C=O) groups is 1. The molecular weight excluding hydrogens is 190 g/mol. The minimum atomic E-state index is -0.131. The lowest BCUT2D eigenvalue weighted by atomic mass is 9.97. The second kappa shape index (κ2) is 5.50. The Hall–Kier alpha value is -0.570. The van der Waals surface area contributed by atoms with Crippen LogP contribution in [-0.2, 0) is 9.53 Å². The molecule has 4 atom stereocenters. The molecule has 0 aromatic heterocycles. The topological polar surface area (TPSA) is 38.3 Å². The molecule has 0 amide bonds. The molecule has 4 unspecified atom stereocenters. The van der Waals surface area contributed by atoms with E-state index in [0.29, 0.717) is 18.4 Å². The highest BCUT2D eigenvalue weighted by molar-refractivity contribution is 5.69. The normalized spacial score (nSPS) is 32.7. The van der Waals surface area contributed by atoms with E-state index in [9.17, 15) is 4.79 Å². The maximum absolute atomic E-state index is 11.1. The van der Waals surface area contributed by atoms with Gasteiger partial charge in [0.2, 0.25) is 0 Å². The predicted molar refractivity (Wildman–Crippen MR) is 60.6 cm³/mol. The Kier molecular flexibility index (Phi) is 4.58. The van der Waals surface area contributed by atoms with Gasteiger partial charge < -0.3 is 10.1 Å². The van der Waals surface area contributed by atoms with Gasteiger partial charge in [0, 0.05) is 12.1 Å². The first-order valence-corrected chi connectivity index (χ1v) is 5.87. The number of nitrogens with one attached hydrogen (secondary N) is 1. The number of ether oxygens (including phenoxy) is 1. The first kappa shape index (κ1) is 12.5.